The summed E-state index contributed by atoms with van der Waals surface area (Å²) in [5.74, 6) is -0.819. The van der Waals surface area contributed by atoms with E-state index in [-0.39, 0.29) is 11.4 Å². The molecule has 1 aromatic rings. The second-order valence-corrected chi connectivity index (χ2v) is 5.16. The van der Waals surface area contributed by atoms with Crippen LogP contribution in [0.5, 0.6) is 0 Å². The molecule has 0 aliphatic carbocycles. The van der Waals surface area contributed by atoms with Gasteiger partial charge in [-0.1, -0.05) is 11.8 Å². The summed E-state index contributed by atoms with van der Waals surface area (Å²) in [6, 6.07) is 0. The van der Waals surface area contributed by atoms with Crippen molar-refractivity contribution >= 4 is 17.7 Å². The van der Waals surface area contributed by atoms with Crippen molar-refractivity contribution in [2.45, 2.75) is 38.1 Å². The van der Waals surface area contributed by atoms with Crippen molar-refractivity contribution in [1.29, 1.82) is 0 Å². The van der Waals surface area contributed by atoms with Crippen LogP contribution in [0, 0.1) is 0 Å². The molecule has 0 spiro atoms. The third kappa shape index (κ3) is 4.79. The number of hydrogen-bond donors (Lipinski definition) is 1. The molecular formula is C11H18N2O3S. The first-order valence-corrected chi connectivity index (χ1v) is 6.43. The molecule has 0 amide bonds. The molecule has 0 saturated carbocycles. The van der Waals surface area contributed by atoms with Crippen LogP contribution < -0.4 is 0 Å². The van der Waals surface area contributed by atoms with Gasteiger partial charge in [-0.05, 0) is 20.8 Å². The van der Waals surface area contributed by atoms with Crippen molar-refractivity contribution in [2.24, 2.45) is 0 Å². The van der Waals surface area contributed by atoms with E-state index in [1.165, 1.54) is 11.8 Å². The molecule has 96 valence electrons. The molecule has 1 heterocycles. The minimum Gasteiger partial charge on any atom is -0.481 e. The van der Waals surface area contributed by atoms with Crippen LogP contribution in [-0.4, -0.2) is 38.6 Å². The predicted octanol–water partition coefficient (Wildman–Crippen LogP) is 1.87. The first-order valence-electron chi connectivity index (χ1n) is 5.44. The Morgan fingerprint density at radius 2 is 2.35 bits per heavy atom. The van der Waals surface area contributed by atoms with Gasteiger partial charge in [-0.25, -0.2) is 4.98 Å². The van der Waals surface area contributed by atoms with Gasteiger partial charge in [-0.2, -0.15) is 0 Å². The molecule has 1 N–H and O–H groups in total. The second kappa shape index (κ2) is 6.07. The molecule has 6 heteroatoms. The van der Waals surface area contributed by atoms with E-state index in [0.717, 1.165) is 0 Å². The summed E-state index contributed by atoms with van der Waals surface area (Å²) < 4.78 is 7.53. The van der Waals surface area contributed by atoms with E-state index in [0.29, 0.717) is 18.3 Å². The SMILES string of the molecule is CCOC(C)(C)Cn1ccnc1SCC(=O)O. The Hall–Kier alpha value is -1.01. The maximum absolute atomic E-state index is 10.5. The van der Waals surface area contributed by atoms with Gasteiger partial charge in [0.2, 0.25) is 0 Å². The Balaban J connectivity index is 2.65. The van der Waals surface area contributed by atoms with Crippen LogP contribution in [0.4, 0.5) is 0 Å². The molecule has 0 bridgehead atoms. The van der Waals surface area contributed by atoms with Crippen LogP contribution >= 0.6 is 11.8 Å². The van der Waals surface area contributed by atoms with Crippen LogP contribution in [0.15, 0.2) is 17.6 Å². The molecule has 0 saturated heterocycles. The smallest absolute Gasteiger partial charge is 0.313 e. The summed E-state index contributed by atoms with van der Waals surface area (Å²) in [4.78, 5) is 14.7. The van der Waals surface area contributed by atoms with Crippen LogP contribution in [0.1, 0.15) is 20.8 Å². The first kappa shape index (κ1) is 14.1. The monoisotopic (exact) mass is 258 g/mol. The Morgan fingerprint density at radius 1 is 1.65 bits per heavy atom. The Kier molecular flexibility index (Phi) is 5.02. The summed E-state index contributed by atoms with van der Waals surface area (Å²) in [5, 5.41) is 9.35. The van der Waals surface area contributed by atoms with Gasteiger partial charge in [0.05, 0.1) is 17.9 Å². The third-order valence-electron chi connectivity index (χ3n) is 2.09. The van der Waals surface area contributed by atoms with E-state index in [4.69, 9.17) is 9.84 Å². The van der Waals surface area contributed by atoms with Crippen molar-refractivity contribution in [3.63, 3.8) is 0 Å². The lowest BCUT2D eigenvalue weighted by molar-refractivity contribution is -0.133. The molecule has 17 heavy (non-hydrogen) atoms. The largest absolute Gasteiger partial charge is 0.481 e. The normalized spacial score (nSPS) is 11.7. The number of carboxylic acid groups (broad SMARTS) is 1. The predicted molar refractivity (Wildman–Crippen MR) is 66.3 cm³/mol. The van der Waals surface area contributed by atoms with Gasteiger partial charge < -0.3 is 14.4 Å². The Bertz CT molecular complexity index is 377. The zero-order valence-corrected chi connectivity index (χ0v) is 11.2. The van der Waals surface area contributed by atoms with Crippen molar-refractivity contribution in [2.75, 3.05) is 12.4 Å². The lowest BCUT2D eigenvalue weighted by atomic mass is 10.1. The van der Waals surface area contributed by atoms with Crippen molar-refractivity contribution in [1.82, 2.24) is 9.55 Å². The maximum Gasteiger partial charge on any atom is 0.313 e. The number of nitrogens with zero attached hydrogens (tertiary/aromatic N) is 2. The first-order chi connectivity index (χ1) is 7.94. The number of imidazole rings is 1. The molecule has 0 aliphatic heterocycles. The summed E-state index contributed by atoms with van der Waals surface area (Å²) in [5.41, 5.74) is -0.284. The fraction of sp³-hybridized carbons (Fsp3) is 0.636. The number of aromatic nitrogens is 2. The van der Waals surface area contributed by atoms with E-state index in [1.54, 1.807) is 6.20 Å². The summed E-state index contributed by atoms with van der Waals surface area (Å²) in [7, 11) is 0. The number of carboxylic acids is 1. The van der Waals surface area contributed by atoms with Crippen molar-refractivity contribution in [3.05, 3.63) is 12.4 Å². The minimum atomic E-state index is -0.839. The highest BCUT2D eigenvalue weighted by molar-refractivity contribution is 7.99. The number of hydrogen-bond acceptors (Lipinski definition) is 4. The zero-order chi connectivity index (χ0) is 12.9. The van der Waals surface area contributed by atoms with Gasteiger partial charge in [0, 0.05) is 19.0 Å². The average molecular weight is 258 g/mol. The molecule has 0 atom stereocenters. The molecule has 0 radical (unpaired) electrons. The number of carbonyl (C=O) groups is 1. The summed E-state index contributed by atoms with van der Waals surface area (Å²) in [6.45, 7) is 7.27. The van der Waals surface area contributed by atoms with Crippen LogP contribution in [0.2, 0.25) is 0 Å². The fourth-order valence-corrected chi connectivity index (χ4v) is 2.21. The molecule has 1 aromatic heterocycles. The number of aliphatic carboxylic acids is 1. The molecule has 0 unspecified atom stereocenters. The van der Waals surface area contributed by atoms with Gasteiger partial charge >= 0.3 is 5.97 Å². The topological polar surface area (TPSA) is 64.4 Å². The van der Waals surface area contributed by atoms with E-state index >= 15 is 0 Å². The lowest BCUT2D eigenvalue weighted by Crippen LogP contribution is -2.30. The average Bonchev–Trinajstić information content (AvgIpc) is 2.61. The van der Waals surface area contributed by atoms with Gasteiger partial charge in [0.1, 0.15) is 0 Å². The summed E-state index contributed by atoms with van der Waals surface area (Å²) >= 11 is 1.22. The highest BCUT2D eigenvalue weighted by atomic mass is 32.2. The van der Waals surface area contributed by atoms with Gasteiger partial charge in [-0.15, -0.1) is 0 Å². The van der Waals surface area contributed by atoms with Crippen LogP contribution in [0.25, 0.3) is 0 Å². The number of ether oxygens (including phenoxy) is 1. The highest BCUT2D eigenvalue weighted by Gasteiger charge is 2.20. The zero-order valence-electron chi connectivity index (χ0n) is 10.3. The van der Waals surface area contributed by atoms with E-state index in [2.05, 4.69) is 4.98 Å². The molecule has 1 rings (SSSR count). The fourth-order valence-electron chi connectivity index (χ4n) is 1.53. The van der Waals surface area contributed by atoms with Crippen LogP contribution in [0.3, 0.4) is 0 Å². The third-order valence-corrected chi connectivity index (χ3v) is 3.08. The molecule has 0 aliphatic rings. The second-order valence-electron chi connectivity index (χ2n) is 4.21. The molecule has 5 nitrogen and oxygen atoms in total. The lowest BCUT2D eigenvalue weighted by Gasteiger charge is -2.25. The Labute approximate surface area is 105 Å². The number of thioether (sulfide) groups is 1. The number of rotatable bonds is 7. The maximum atomic E-state index is 10.5. The van der Waals surface area contributed by atoms with Crippen molar-refractivity contribution in [3.8, 4) is 0 Å². The van der Waals surface area contributed by atoms with Gasteiger partial charge in [0.25, 0.3) is 0 Å². The summed E-state index contributed by atoms with van der Waals surface area (Å²) in [6.07, 6.45) is 3.51. The van der Waals surface area contributed by atoms with E-state index in [9.17, 15) is 4.79 Å². The van der Waals surface area contributed by atoms with Gasteiger partial charge in [0.15, 0.2) is 5.16 Å². The quantitative estimate of drug-likeness (QED) is 0.756. The van der Waals surface area contributed by atoms with Crippen molar-refractivity contribution < 1.29 is 14.6 Å². The Morgan fingerprint density at radius 3 is 2.94 bits per heavy atom. The van der Waals surface area contributed by atoms with Crippen LogP contribution in [-0.2, 0) is 16.1 Å². The molecule has 0 fully saturated rings. The van der Waals surface area contributed by atoms with Gasteiger partial charge in [-0.3, -0.25) is 4.79 Å². The minimum absolute atomic E-state index is 0.0199. The molecule has 0 aromatic carbocycles. The molecular weight excluding hydrogens is 240 g/mol. The van der Waals surface area contributed by atoms with E-state index < -0.39 is 5.97 Å². The standard InChI is InChI=1S/C11H18N2O3S/c1-4-16-11(2,3)8-13-6-5-12-10(13)17-7-9(14)15/h5-6H,4,7-8H2,1-3H3,(H,14,15). The van der Waals surface area contributed by atoms with E-state index in [1.807, 2.05) is 31.5 Å². The highest BCUT2D eigenvalue weighted by Crippen LogP contribution is 2.19.